The molecule has 32 heavy (non-hydrogen) atoms. The second-order valence-electron chi connectivity index (χ2n) is 7.58. The zero-order valence-corrected chi connectivity index (χ0v) is 17.1. The van der Waals surface area contributed by atoms with Crippen molar-refractivity contribution in [3.05, 3.63) is 70.4 Å². The molecule has 0 fully saturated rings. The van der Waals surface area contributed by atoms with Crippen LogP contribution in [0.25, 0.3) is 11.3 Å². The number of ether oxygens (including phenoxy) is 1. The maximum Gasteiger partial charge on any atom is 0.573 e. The summed E-state index contributed by atoms with van der Waals surface area (Å²) in [5, 5.41) is 13.6. The zero-order chi connectivity index (χ0) is 23.0. The Labute approximate surface area is 181 Å². The normalized spacial score (nSPS) is 13.5. The number of aromatic carboxylic acids is 1. The number of carboxylic acid groups (broad SMARTS) is 1. The van der Waals surface area contributed by atoms with Crippen molar-refractivity contribution in [1.29, 1.82) is 0 Å². The van der Waals surface area contributed by atoms with Gasteiger partial charge in [-0.2, -0.15) is 9.78 Å². The summed E-state index contributed by atoms with van der Waals surface area (Å²) in [7, 11) is 0. The summed E-state index contributed by atoms with van der Waals surface area (Å²) in [5.41, 5.74) is 2.91. The molecule has 1 N–H and O–H groups in total. The predicted octanol–water partition coefficient (Wildman–Crippen LogP) is 5.02. The lowest BCUT2D eigenvalue weighted by Gasteiger charge is -2.17. The van der Waals surface area contributed by atoms with Gasteiger partial charge in [0.2, 0.25) is 0 Å². The largest absolute Gasteiger partial charge is 0.573 e. The van der Waals surface area contributed by atoms with Gasteiger partial charge in [-0.3, -0.25) is 4.79 Å². The molecule has 0 unspecified atom stereocenters. The maximum atomic E-state index is 13.4. The molecule has 9 heteroatoms. The Bertz CT molecular complexity index is 1200. The molecule has 1 aromatic heterocycles. The minimum Gasteiger partial charge on any atom is -0.478 e. The number of aryl methyl sites for hydroxylation is 1. The molecule has 0 amide bonds. The van der Waals surface area contributed by atoms with Crippen molar-refractivity contribution in [3.63, 3.8) is 0 Å². The van der Waals surface area contributed by atoms with E-state index in [4.69, 9.17) is 5.11 Å². The highest BCUT2D eigenvalue weighted by Gasteiger charge is 2.34. The smallest absolute Gasteiger partial charge is 0.478 e. The molecule has 0 radical (unpaired) electrons. The second kappa shape index (κ2) is 8.14. The van der Waals surface area contributed by atoms with Crippen LogP contribution in [0.3, 0.4) is 0 Å². The molecule has 0 saturated heterocycles. The number of fused-ring (bicyclic) bond motifs is 1. The van der Waals surface area contributed by atoms with Crippen LogP contribution in [0.2, 0.25) is 0 Å². The van der Waals surface area contributed by atoms with E-state index in [0.29, 0.717) is 35.4 Å². The van der Waals surface area contributed by atoms with Crippen LogP contribution in [0.15, 0.2) is 42.5 Å². The van der Waals surface area contributed by atoms with Crippen molar-refractivity contribution in [2.75, 3.05) is 0 Å². The molecule has 0 saturated carbocycles. The van der Waals surface area contributed by atoms with Gasteiger partial charge in [0.25, 0.3) is 5.91 Å². The first kappa shape index (κ1) is 21.6. The quantitative estimate of drug-likeness (QED) is 0.611. The number of benzene rings is 2. The SMILES string of the molecule is Cc1cccc(OC(F)(F)F)c1C(=O)n1nc(-c2ccc(C(=O)O)cc2)c2c1CCCC2. The highest BCUT2D eigenvalue weighted by atomic mass is 19.4. The fraction of sp³-hybridized carbons (Fsp3) is 0.261. The highest BCUT2D eigenvalue weighted by Crippen LogP contribution is 2.34. The van der Waals surface area contributed by atoms with E-state index in [1.807, 2.05) is 0 Å². The summed E-state index contributed by atoms with van der Waals surface area (Å²) in [6.07, 6.45) is -2.01. The number of carbonyl (C=O) groups excluding carboxylic acids is 1. The lowest BCUT2D eigenvalue weighted by molar-refractivity contribution is -0.274. The van der Waals surface area contributed by atoms with E-state index < -0.39 is 24.0 Å². The monoisotopic (exact) mass is 444 g/mol. The molecule has 6 nitrogen and oxygen atoms in total. The Balaban J connectivity index is 1.82. The maximum absolute atomic E-state index is 13.4. The van der Waals surface area contributed by atoms with Crippen LogP contribution in [0.1, 0.15) is 50.4 Å². The number of aromatic nitrogens is 2. The minimum atomic E-state index is -4.94. The molecule has 166 valence electrons. The number of nitrogens with zero attached hydrogens (tertiary/aromatic N) is 2. The molecule has 3 aromatic rings. The summed E-state index contributed by atoms with van der Waals surface area (Å²) < 4.78 is 44.0. The summed E-state index contributed by atoms with van der Waals surface area (Å²) in [4.78, 5) is 24.5. The van der Waals surface area contributed by atoms with Gasteiger partial charge in [0.15, 0.2) is 0 Å². The number of rotatable bonds is 4. The molecule has 1 heterocycles. The van der Waals surface area contributed by atoms with Crippen molar-refractivity contribution in [2.45, 2.75) is 39.0 Å². The average Bonchev–Trinajstić information content (AvgIpc) is 3.12. The molecule has 4 rings (SSSR count). The van der Waals surface area contributed by atoms with Gasteiger partial charge in [0, 0.05) is 11.1 Å². The Kier molecular flexibility index (Phi) is 5.50. The first-order valence-corrected chi connectivity index (χ1v) is 10.0. The second-order valence-corrected chi connectivity index (χ2v) is 7.58. The van der Waals surface area contributed by atoms with Crippen molar-refractivity contribution in [3.8, 4) is 17.0 Å². The number of hydrogen-bond donors (Lipinski definition) is 1. The van der Waals surface area contributed by atoms with Gasteiger partial charge in [-0.05, 0) is 56.4 Å². The summed E-state index contributed by atoms with van der Waals surface area (Å²) in [5.74, 6) is -2.33. The van der Waals surface area contributed by atoms with Crippen LogP contribution in [0.5, 0.6) is 5.75 Å². The fourth-order valence-corrected chi connectivity index (χ4v) is 4.00. The van der Waals surface area contributed by atoms with E-state index in [1.54, 1.807) is 12.1 Å². The van der Waals surface area contributed by atoms with Crippen LogP contribution in [0.4, 0.5) is 13.2 Å². The molecule has 0 atom stereocenters. The van der Waals surface area contributed by atoms with Crippen LogP contribution in [0, 0.1) is 6.92 Å². The van der Waals surface area contributed by atoms with Crippen LogP contribution in [-0.2, 0) is 12.8 Å². The molecular formula is C23H19F3N2O4. The van der Waals surface area contributed by atoms with Gasteiger partial charge in [-0.1, -0.05) is 24.3 Å². The molecule has 1 aliphatic carbocycles. The third kappa shape index (κ3) is 4.10. The molecule has 2 aromatic carbocycles. The molecule has 0 aliphatic heterocycles. The van der Waals surface area contributed by atoms with Gasteiger partial charge < -0.3 is 9.84 Å². The number of halogens is 3. The van der Waals surface area contributed by atoms with Gasteiger partial charge in [-0.15, -0.1) is 13.2 Å². The first-order chi connectivity index (χ1) is 15.2. The van der Waals surface area contributed by atoms with E-state index in [2.05, 4.69) is 9.84 Å². The predicted molar refractivity (Wildman–Crippen MR) is 109 cm³/mol. The third-order valence-corrected chi connectivity index (χ3v) is 5.45. The lowest BCUT2D eigenvalue weighted by Crippen LogP contribution is -2.23. The van der Waals surface area contributed by atoms with E-state index in [1.165, 1.54) is 35.9 Å². The van der Waals surface area contributed by atoms with Crippen LogP contribution >= 0.6 is 0 Å². The molecule has 0 bridgehead atoms. The number of carbonyl (C=O) groups is 2. The van der Waals surface area contributed by atoms with E-state index in [9.17, 15) is 22.8 Å². The molecule has 1 aliphatic rings. The summed E-state index contributed by atoms with van der Waals surface area (Å²) in [6.45, 7) is 1.54. The van der Waals surface area contributed by atoms with Gasteiger partial charge in [0.1, 0.15) is 5.75 Å². The van der Waals surface area contributed by atoms with Crippen LogP contribution < -0.4 is 4.74 Å². The number of alkyl halides is 3. The third-order valence-electron chi connectivity index (χ3n) is 5.45. The van der Waals surface area contributed by atoms with Crippen LogP contribution in [-0.4, -0.2) is 33.1 Å². The lowest BCUT2D eigenvalue weighted by atomic mass is 9.93. The van der Waals surface area contributed by atoms with Gasteiger partial charge >= 0.3 is 12.3 Å². The fourth-order valence-electron chi connectivity index (χ4n) is 4.00. The number of carboxylic acids is 1. The number of hydrogen-bond acceptors (Lipinski definition) is 4. The van der Waals surface area contributed by atoms with E-state index in [-0.39, 0.29) is 11.1 Å². The van der Waals surface area contributed by atoms with Crippen molar-refractivity contribution in [1.82, 2.24) is 9.78 Å². The molecule has 0 spiro atoms. The average molecular weight is 444 g/mol. The van der Waals surface area contributed by atoms with Crippen molar-refractivity contribution >= 4 is 11.9 Å². The van der Waals surface area contributed by atoms with E-state index >= 15 is 0 Å². The molecular weight excluding hydrogens is 425 g/mol. The topological polar surface area (TPSA) is 81.4 Å². The Hall–Kier alpha value is -3.62. The summed E-state index contributed by atoms with van der Waals surface area (Å²) in [6, 6.07) is 10.2. The van der Waals surface area contributed by atoms with E-state index in [0.717, 1.165) is 24.5 Å². The Morgan fingerprint density at radius 2 is 1.75 bits per heavy atom. The zero-order valence-electron chi connectivity index (χ0n) is 17.1. The van der Waals surface area contributed by atoms with Crippen molar-refractivity contribution in [2.24, 2.45) is 0 Å². The Morgan fingerprint density at radius 3 is 2.41 bits per heavy atom. The van der Waals surface area contributed by atoms with Gasteiger partial charge in [0.05, 0.1) is 22.5 Å². The summed E-state index contributed by atoms with van der Waals surface area (Å²) >= 11 is 0. The van der Waals surface area contributed by atoms with Crippen molar-refractivity contribution < 1.29 is 32.6 Å². The van der Waals surface area contributed by atoms with Gasteiger partial charge in [-0.25, -0.2) is 4.79 Å². The minimum absolute atomic E-state index is 0.118. The first-order valence-electron chi connectivity index (χ1n) is 10.0. The highest BCUT2D eigenvalue weighted by molar-refractivity contribution is 6.00. The standard InChI is InChI=1S/C23H19F3N2O4/c1-13-5-4-8-18(32-23(24,25)26)19(13)21(29)28-17-7-3-2-6-16(17)20(27-28)14-9-11-15(12-10-14)22(30)31/h4-5,8-12H,2-3,6-7H2,1H3,(H,30,31). The Morgan fingerprint density at radius 1 is 1.06 bits per heavy atom.